The Morgan fingerprint density at radius 3 is 2.62 bits per heavy atom. The molecule has 1 rings (SSSR count). The second-order valence-corrected chi connectivity index (χ2v) is 3.66. The lowest BCUT2D eigenvalue weighted by Crippen LogP contribution is -2.22. The zero-order valence-corrected chi connectivity index (χ0v) is 9.23. The number of amides is 1. The van der Waals surface area contributed by atoms with E-state index in [1.54, 1.807) is 24.3 Å². The Morgan fingerprint density at radius 2 is 2.12 bits per heavy atom. The van der Waals surface area contributed by atoms with Crippen LogP contribution in [0.4, 0.5) is 5.69 Å². The van der Waals surface area contributed by atoms with Crippen LogP contribution in [0.25, 0.3) is 0 Å². The van der Waals surface area contributed by atoms with Crippen LogP contribution in [0.5, 0.6) is 0 Å². The van der Waals surface area contributed by atoms with Gasteiger partial charge in [0.05, 0.1) is 11.6 Å². The number of hydrogen-bond acceptors (Lipinski definition) is 3. The van der Waals surface area contributed by atoms with Crippen LogP contribution in [0.3, 0.4) is 0 Å². The van der Waals surface area contributed by atoms with Gasteiger partial charge in [-0.3, -0.25) is 4.79 Å². The average Bonchev–Trinajstić information content (AvgIpc) is 2.30. The van der Waals surface area contributed by atoms with Crippen molar-refractivity contribution in [2.45, 2.75) is 13.3 Å². The summed E-state index contributed by atoms with van der Waals surface area (Å²) in [7, 11) is 0. The molecule has 4 heteroatoms. The fraction of sp³-hybridized carbons (Fsp3) is 0.333. The minimum Gasteiger partial charge on any atom is -0.330 e. The topological polar surface area (TPSA) is 78.9 Å². The Kier molecular flexibility index (Phi) is 4.49. The first-order valence-corrected chi connectivity index (χ1v) is 5.18. The van der Waals surface area contributed by atoms with Gasteiger partial charge in [-0.15, -0.1) is 0 Å². The molecule has 1 amide bonds. The van der Waals surface area contributed by atoms with Crippen molar-refractivity contribution < 1.29 is 4.79 Å². The predicted octanol–water partition coefficient (Wildman–Crippen LogP) is 1.48. The summed E-state index contributed by atoms with van der Waals surface area (Å²) in [4.78, 5) is 11.6. The normalized spacial score (nSPS) is 11.6. The fourth-order valence-corrected chi connectivity index (χ4v) is 1.27. The molecule has 84 valence electrons. The fourth-order valence-electron chi connectivity index (χ4n) is 1.27. The summed E-state index contributed by atoms with van der Waals surface area (Å²) in [5.41, 5.74) is 6.66. The van der Waals surface area contributed by atoms with E-state index in [2.05, 4.69) is 5.32 Å². The average molecular weight is 217 g/mol. The molecule has 0 radical (unpaired) electrons. The van der Waals surface area contributed by atoms with Gasteiger partial charge in [-0.2, -0.15) is 5.26 Å². The number of nitrogens with zero attached hydrogens (tertiary/aromatic N) is 1. The van der Waals surface area contributed by atoms with Crippen molar-refractivity contribution >= 4 is 11.6 Å². The Hall–Kier alpha value is -1.86. The predicted molar refractivity (Wildman–Crippen MR) is 62.6 cm³/mol. The molecule has 0 heterocycles. The van der Waals surface area contributed by atoms with E-state index >= 15 is 0 Å². The second-order valence-electron chi connectivity index (χ2n) is 3.66. The highest BCUT2D eigenvalue weighted by molar-refractivity contribution is 5.92. The highest BCUT2D eigenvalue weighted by atomic mass is 16.1. The maximum atomic E-state index is 11.6. The van der Waals surface area contributed by atoms with Crippen molar-refractivity contribution in [2.75, 3.05) is 11.9 Å². The van der Waals surface area contributed by atoms with E-state index in [1.807, 2.05) is 13.0 Å². The third-order valence-electron chi connectivity index (χ3n) is 2.33. The molecule has 0 fully saturated rings. The molecule has 0 saturated heterocycles. The third-order valence-corrected chi connectivity index (χ3v) is 2.33. The van der Waals surface area contributed by atoms with Crippen LogP contribution < -0.4 is 11.1 Å². The zero-order valence-electron chi connectivity index (χ0n) is 9.23. The van der Waals surface area contributed by atoms with Gasteiger partial charge < -0.3 is 11.1 Å². The largest absolute Gasteiger partial charge is 0.330 e. The van der Waals surface area contributed by atoms with Crippen molar-refractivity contribution in [3.8, 4) is 6.07 Å². The maximum Gasteiger partial charge on any atom is 0.227 e. The standard InChI is InChI=1S/C12H15N3O/c1-9(6-7-13)12(16)15-11-4-2-10(8-14)3-5-11/h2-5,9H,6-7,13H2,1H3,(H,15,16). The minimum atomic E-state index is -0.0966. The van der Waals surface area contributed by atoms with E-state index in [4.69, 9.17) is 11.0 Å². The Labute approximate surface area is 95.1 Å². The molecule has 0 saturated carbocycles. The first-order valence-electron chi connectivity index (χ1n) is 5.18. The summed E-state index contributed by atoms with van der Waals surface area (Å²) in [5, 5.41) is 11.4. The Bertz CT molecular complexity index is 392. The van der Waals surface area contributed by atoms with Crippen molar-refractivity contribution in [1.82, 2.24) is 0 Å². The summed E-state index contributed by atoms with van der Waals surface area (Å²) in [6, 6.07) is 8.79. The number of rotatable bonds is 4. The van der Waals surface area contributed by atoms with Crippen LogP contribution in [0.1, 0.15) is 18.9 Å². The van der Waals surface area contributed by atoms with E-state index in [0.29, 0.717) is 24.2 Å². The van der Waals surface area contributed by atoms with Gasteiger partial charge in [-0.05, 0) is 37.2 Å². The molecule has 0 aliphatic heterocycles. The molecule has 0 bridgehead atoms. The number of nitriles is 1. The van der Waals surface area contributed by atoms with Gasteiger partial charge in [0.2, 0.25) is 5.91 Å². The SMILES string of the molecule is CC(CCN)C(=O)Nc1ccc(C#N)cc1. The molecule has 1 unspecified atom stereocenters. The molecule has 4 nitrogen and oxygen atoms in total. The molecular weight excluding hydrogens is 202 g/mol. The van der Waals surface area contributed by atoms with Crippen LogP contribution in [0.2, 0.25) is 0 Å². The molecule has 0 aliphatic rings. The minimum absolute atomic E-state index is 0.0462. The monoisotopic (exact) mass is 217 g/mol. The number of benzene rings is 1. The number of carbonyl (C=O) groups is 1. The molecular formula is C12H15N3O. The molecule has 16 heavy (non-hydrogen) atoms. The van der Waals surface area contributed by atoms with Crippen LogP contribution in [0, 0.1) is 17.2 Å². The van der Waals surface area contributed by atoms with E-state index in [9.17, 15) is 4.79 Å². The van der Waals surface area contributed by atoms with Gasteiger partial charge in [0.1, 0.15) is 0 Å². The number of carbonyl (C=O) groups excluding carboxylic acids is 1. The van der Waals surface area contributed by atoms with Crippen molar-refractivity contribution in [2.24, 2.45) is 11.7 Å². The van der Waals surface area contributed by atoms with Crippen LogP contribution in [-0.4, -0.2) is 12.5 Å². The van der Waals surface area contributed by atoms with Crippen LogP contribution in [0.15, 0.2) is 24.3 Å². The number of nitrogens with one attached hydrogen (secondary N) is 1. The lowest BCUT2D eigenvalue weighted by atomic mass is 10.1. The lowest BCUT2D eigenvalue weighted by molar-refractivity contribution is -0.119. The Balaban J connectivity index is 2.60. The Morgan fingerprint density at radius 1 is 1.50 bits per heavy atom. The summed E-state index contributed by atoms with van der Waals surface area (Å²) < 4.78 is 0. The number of nitrogens with two attached hydrogens (primary N) is 1. The van der Waals surface area contributed by atoms with Gasteiger partial charge in [-0.1, -0.05) is 6.92 Å². The van der Waals surface area contributed by atoms with Crippen molar-refractivity contribution in [3.63, 3.8) is 0 Å². The van der Waals surface area contributed by atoms with E-state index in [0.717, 1.165) is 0 Å². The quantitative estimate of drug-likeness (QED) is 0.801. The zero-order chi connectivity index (χ0) is 12.0. The van der Waals surface area contributed by atoms with Gasteiger partial charge in [0, 0.05) is 11.6 Å². The first kappa shape index (κ1) is 12.2. The van der Waals surface area contributed by atoms with E-state index in [1.165, 1.54) is 0 Å². The van der Waals surface area contributed by atoms with E-state index < -0.39 is 0 Å². The summed E-state index contributed by atoms with van der Waals surface area (Å²) in [6.07, 6.45) is 0.669. The summed E-state index contributed by atoms with van der Waals surface area (Å²) in [5.74, 6) is -0.143. The molecule has 1 aromatic carbocycles. The lowest BCUT2D eigenvalue weighted by Gasteiger charge is -2.10. The third kappa shape index (κ3) is 3.37. The van der Waals surface area contributed by atoms with E-state index in [-0.39, 0.29) is 11.8 Å². The van der Waals surface area contributed by atoms with Crippen molar-refractivity contribution in [1.29, 1.82) is 5.26 Å². The highest BCUT2D eigenvalue weighted by Crippen LogP contribution is 2.11. The van der Waals surface area contributed by atoms with Gasteiger partial charge in [0.15, 0.2) is 0 Å². The molecule has 3 N–H and O–H groups in total. The van der Waals surface area contributed by atoms with Crippen LogP contribution in [-0.2, 0) is 4.79 Å². The highest BCUT2D eigenvalue weighted by Gasteiger charge is 2.11. The summed E-state index contributed by atoms with van der Waals surface area (Å²) >= 11 is 0. The van der Waals surface area contributed by atoms with Crippen LogP contribution >= 0.6 is 0 Å². The molecule has 0 aliphatic carbocycles. The summed E-state index contributed by atoms with van der Waals surface area (Å²) in [6.45, 7) is 2.34. The number of hydrogen-bond donors (Lipinski definition) is 2. The van der Waals surface area contributed by atoms with Gasteiger partial charge in [-0.25, -0.2) is 0 Å². The molecule has 0 aromatic heterocycles. The maximum absolute atomic E-state index is 11.6. The smallest absolute Gasteiger partial charge is 0.227 e. The number of anilines is 1. The molecule has 0 spiro atoms. The first-order chi connectivity index (χ1) is 7.67. The van der Waals surface area contributed by atoms with Gasteiger partial charge >= 0.3 is 0 Å². The molecule has 1 aromatic rings. The second kappa shape index (κ2) is 5.89. The van der Waals surface area contributed by atoms with Crippen molar-refractivity contribution in [3.05, 3.63) is 29.8 Å². The molecule has 1 atom stereocenters. The van der Waals surface area contributed by atoms with Gasteiger partial charge in [0.25, 0.3) is 0 Å².